The van der Waals surface area contributed by atoms with Gasteiger partial charge in [-0.3, -0.25) is 0 Å². The van der Waals surface area contributed by atoms with Gasteiger partial charge in [-0.2, -0.15) is 5.10 Å². The van der Waals surface area contributed by atoms with Crippen molar-refractivity contribution in [3.63, 3.8) is 0 Å². The fourth-order valence-corrected chi connectivity index (χ4v) is 1.95. The maximum atomic E-state index is 4.38. The summed E-state index contributed by atoms with van der Waals surface area (Å²) in [6.07, 6.45) is 0. The summed E-state index contributed by atoms with van der Waals surface area (Å²) >= 11 is 3.47. The second kappa shape index (κ2) is 3.58. The summed E-state index contributed by atoms with van der Waals surface area (Å²) in [4.78, 5) is 0. The van der Waals surface area contributed by atoms with Gasteiger partial charge in [-0.15, -0.1) is 0 Å². The Balaban J connectivity index is 2.49. The van der Waals surface area contributed by atoms with Crippen molar-refractivity contribution in [2.24, 2.45) is 0 Å². The van der Waals surface area contributed by atoms with Gasteiger partial charge in [-0.1, -0.05) is 17.7 Å². The van der Waals surface area contributed by atoms with Crippen molar-refractivity contribution < 1.29 is 0 Å². The molecule has 0 bridgehead atoms. The van der Waals surface area contributed by atoms with Crippen molar-refractivity contribution in [2.75, 3.05) is 0 Å². The second-order valence-electron chi connectivity index (χ2n) is 3.36. The third-order valence-electron chi connectivity index (χ3n) is 2.07. The molecule has 0 aliphatic heterocycles. The molecule has 2 rings (SSSR count). The molecule has 14 heavy (non-hydrogen) atoms. The normalized spacial score (nSPS) is 10.5. The van der Waals surface area contributed by atoms with Gasteiger partial charge < -0.3 is 0 Å². The second-order valence-corrected chi connectivity index (χ2v) is 4.17. The number of hydrogen-bond donors (Lipinski definition) is 0. The molecule has 0 unspecified atom stereocenters. The summed E-state index contributed by atoms with van der Waals surface area (Å²) in [5, 5.41) is 4.38. The Morgan fingerprint density at radius 1 is 1.14 bits per heavy atom. The van der Waals surface area contributed by atoms with Crippen LogP contribution in [0.25, 0.3) is 5.69 Å². The Morgan fingerprint density at radius 3 is 2.29 bits per heavy atom. The molecule has 1 aromatic heterocycles. The van der Waals surface area contributed by atoms with E-state index in [2.05, 4.69) is 52.2 Å². The fraction of sp³-hybridized carbons (Fsp3) is 0.182. The van der Waals surface area contributed by atoms with E-state index in [1.54, 1.807) is 0 Å². The number of benzene rings is 1. The zero-order valence-corrected chi connectivity index (χ0v) is 9.75. The number of halogens is 1. The molecule has 0 saturated carbocycles. The average molecular weight is 251 g/mol. The summed E-state index contributed by atoms with van der Waals surface area (Å²) in [7, 11) is 0. The van der Waals surface area contributed by atoms with Gasteiger partial charge in [0.1, 0.15) is 4.60 Å². The van der Waals surface area contributed by atoms with E-state index < -0.39 is 0 Å². The van der Waals surface area contributed by atoms with Crippen LogP contribution >= 0.6 is 15.9 Å². The van der Waals surface area contributed by atoms with Crippen molar-refractivity contribution in [3.8, 4) is 5.69 Å². The van der Waals surface area contributed by atoms with Crippen LogP contribution in [0.4, 0.5) is 0 Å². The Kier molecular flexibility index (Phi) is 2.42. The minimum absolute atomic E-state index is 0.985. The predicted octanol–water partition coefficient (Wildman–Crippen LogP) is 3.25. The van der Waals surface area contributed by atoms with Gasteiger partial charge in [0.2, 0.25) is 0 Å². The van der Waals surface area contributed by atoms with E-state index in [0.717, 1.165) is 16.0 Å². The molecule has 0 saturated heterocycles. The molecule has 0 fully saturated rings. The highest BCUT2D eigenvalue weighted by molar-refractivity contribution is 9.10. The minimum Gasteiger partial charge on any atom is -0.226 e. The van der Waals surface area contributed by atoms with E-state index in [1.807, 2.05) is 17.7 Å². The molecule has 0 spiro atoms. The third-order valence-corrected chi connectivity index (χ3v) is 2.63. The maximum absolute atomic E-state index is 4.38. The lowest BCUT2D eigenvalue weighted by atomic mass is 10.2. The standard InChI is InChI=1S/C11H11BrN2/c1-8-3-5-10(6-4-8)14-11(12)7-9(2)13-14/h3-7H,1-2H3. The maximum Gasteiger partial charge on any atom is 0.110 e. The summed E-state index contributed by atoms with van der Waals surface area (Å²) in [6, 6.07) is 10.3. The van der Waals surface area contributed by atoms with Gasteiger partial charge in [-0.25, -0.2) is 4.68 Å². The molecule has 2 aromatic rings. The van der Waals surface area contributed by atoms with E-state index >= 15 is 0 Å². The number of rotatable bonds is 1. The molecule has 0 amide bonds. The molecule has 0 aliphatic rings. The lowest BCUT2D eigenvalue weighted by Crippen LogP contribution is -1.96. The van der Waals surface area contributed by atoms with E-state index in [0.29, 0.717) is 0 Å². The van der Waals surface area contributed by atoms with Crippen LogP contribution in [0.5, 0.6) is 0 Å². The number of aryl methyl sites for hydroxylation is 2. The van der Waals surface area contributed by atoms with Crippen molar-refractivity contribution >= 4 is 15.9 Å². The Morgan fingerprint density at radius 2 is 1.79 bits per heavy atom. The highest BCUT2D eigenvalue weighted by Crippen LogP contribution is 2.17. The topological polar surface area (TPSA) is 17.8 Å². The van der Waals surface area contributed by atoms with Crippen molar-refractivity contribution in [1.29, 1.82) is 0 Å². The number of nitrogens with zero attached hydrogens (tertiary/aromatic N) is 2. The minimum atomic E-state index is 0.985. The molecule has 0 atom stereocenters. The van der Waals surface area contributed by atoms with Crippen LogP contribution in [0.1, 0.15) is 11.3 Å². The zero-order chi connectivity index (χ0) is 10.1. The van der Waals surface area contributed by atoms with Crippen LogP contribution in [0.2, 0.25) is 0 Å². The van der Waals surface area contributed by atoms with Crippen LogP contribution < -0.4 is 0 Å². The Bertz CT molecular complexity index is 443. The molecular formula is C11H11BrN2. The van der Waals surface area contributed by atoms with Gasteiger partial charge in [-0.05, 0) is 48.0 Å². The highest BCUT2D eigenvalue weighted by Gasteiger charge is 2.03. The van der Waals surface area contributed by atoms with Gasteiger partial charge in [0.25, 0.3) is 0 Å². The quantitative estimate of drug-likeness (QED) is 0.760. The first-order valence-electron chi connectivity index (χ1n) is 4.46. The van der Waals surface area contributed by atoms with Gasteiger partial charge >= 0.3 is 0 Å². The molecule has 2 nitrogen and oxygen atoms in total. The van der Waals surface area contributed by atoms with Crippen molar-refractivity contribution in [2.45, 2.75) is 13.8 Å². The van der Waals surface area contributed by atoms with E-state index in [1.165, 1.54) is 5.56 Å². The molecule has 1 aromatic carbocycles. The van der Waals surface area contributed by atoms with E-state index in [-0.39, 0.29) is 0 Å². The Labute approximate surface area is 91.7 Å². The average Bonchev–Trinajstić information content (AvgIpc) is 2.47. The molecular weight excluding hydrogens is 240 g/mol. The molecule has 3 heteroatoms. The number of aromatic nitrogens is 2. The molecule has 0 radical (unpaired) electrons. The van der Waals surface area contributed by atoms with Crippen molar-refractivity contribution in [3.05, 3.63) is 46.2 Å². The molecule has 0 N–H and O–H groups in total. The summed E-state index contributed by atoms with van der Waals surface area (Å²) < 4.78 is 2.87. The van der Waals surface area contributed by atoms with Gasteiger partial charge in [0.05, 0.1) is 11.4 Å². The predicted molar refractivity (Wildman–Crippen MR) is 60.7 cm³/mol. The van der Waals surface area contributed by atoms with Gasteiger partial charge in [0.15, 0.2) is 0 Å². The third kappa shape index (κ3) is 1.73. The molecule has 1 heterocycles. The summed E-state index contributed by atoms with van der Waals surface area (Å²) in [5.74, 6) is 0. The zero-order valence-electron chi connectivity index (χ0n) is 8.16. The molecule has 72 valence electrons. The van der Waals surface area contributed by atoms with Crippen LogP contribution in [-0.4, -0.2) is 9.78 Å². The van der Waals surface area contributed by atoms with E-state index in [4.69, 9.17) is 0 Å². The summed E-state index contributed by atoms with van der Waals surface area (Å²) in [5.41, 5.74) is 3.35. The first kappa shape index (κ1) is 9.46. The smallest absolute Gasteiger partial charge is 0.110 e. The van der Waals surface area contributed by atoms with Crippen LogP contribution in [0.15, 0.2) is 34.9 Å². The lowest BCUT2D eigenvalue weighted by Gasteiger charge is -2.02. The van der Waals surface area contributed by atoms with Crippen LogP contribution in [-0.2, 0) is 0 Å². The van der Waals surface area contributed by atoms with Gasteiger partial charge in [0, 0.05) is 0 Å². The van der Waals surface area contributed by atoms with E-state index in [9.17, 15) is 0 Å². The van der Waals surface area contributed by atoms with Crippen LogP contribution in [0.3, 0.4) is 0 Å². The highest BCUT2D eigenvalue weighted by atomic mass is 79.9. The van der Waals surface area contributed by atoms with Crippen molar-refractivity contribution in [1.82, 2.24) is 9.78 Å². The first-order chi connectivity index (χ1) is 6.66. The Hall–Kier alpha value is -1.09. The lowest BCUT2D eigenvalue weighted by molar-refractivity contribution is 0.845. The van der Waals surface area contributed by atoms with Crippen LogP contribution in [0, 0.1) is 13.8 Å². The molecule has 0 aliphatic carbocycles. The largest absolute Gasteiger partial charge is 0.226 e. The summed E-state index contributed by atoms with van der Waals surface area (Å²) in [6.45, 7) is 4.06. The first-order valence-corrected chi connectivity index (χ1v) is 5.25. The SMILES string of the molecule is Cc1ccc(-n2nc(C)cc2Br)cc1. The monoisotopic (exact) mass is 250 g/mol. The number of hydrogen-bond acceptors (Lipinski definition) is 1. The fourth-order valence-electron chi connectivity index (χ4n) is 1.33.